The first kappa shape index (κ1) is 22.2. The number of rotatable bonds is 6. The predicted molar refractivity (Wildman–Crippen MR) is 119 cm³/mol. The van der Waals surface area contributed by atoms with Gasteiger partial charge in [0.1, 0.15) is 11.5 Å². The monoisotopic (exact) mass is 440 g/mol. The number of fused-ring (bicyclic) bond motifs is 1. The lowest BCUT2D eigenvalue weighted by Crippen LogP contribution is -2.39. The number of carbonyl (C=O) groups is 2. The van der Waals surface area contributed by atoms with Crippen LogP contribution in [-0.2, 0) is 7.05 Å². The first-order valence-electron chi connectivity index (χ1n) is 11.2. The zero-order valence-corrected chi connectivity index (χ0v) is 18.3. The molecule has 0 atom stereocenters. The maximum absolute atomic E-state index is 13.1. The number of hydrogen-bond donors (Lipinski definition) is 1. The van der Waals surface area contributed by atoms with Gasteiger partial charge in [0.05, 0.1) is 5.71 Å². The Hall–Kier alpha value is -3.00. The fourth-order valence-electron chi connectivity index (χ4n) is 4.73. The molecule has 3 heterocycles. The van der Waals surface area contributed by atoms with Gasteiger partial charge in [0.15, 0.2) is 5.78 Å². The number of oxime groups is 1. The molecule has 1 saturated heterocycles. The van der Waals surface area contributed by atoms with Crippen molar-refractivity contribution in [2.24, 2.45) is 18.1 Å². The summed E-state index contributed by atoms with van der Waals surface area (Å²) in [4.78, 5) is 29.9. The lowest BCUT2D eigenvalue weighted by Gasteiger charge is -2.32. The van der Waals surface area contributed by atoms with Gasteiger partial charge >= 0.3 is 0 Å². The molecule has 0 unspecified atom stereocenters. The number of aromatic nitrogens is 1. The van der Waals surface area contributed by atoms with Crippen LogP contribution in [0.2, 0.25) is 0 Å². The Balaban J connectivity index is 1.27. The van der Waals surface area contributed by atoms with Crippen LogP contribution in [0.4, 0.5) is 4.39 Å². The third-order valence-electron chi connectivity index (χ3n) is 6.60. The Labute approximate surface area is 187 Å². The van der Waals surface area contributed by atoms with E-state index in [2.05, 4.69) is 10.1 Å². The van der Waals surface area contributed by atoms with Crippen LogP contribution in [0.15, 0.2) is 41.7 Å². The van der Waals surface area contributed by atoms with Crippen LogP contribution in [-0.4, -0.2) is 69.7 Å². The summed E-state index contributed by atoms with van der Waals surface area (Å²) in [7, 11) is 1.83. The van der Waals surface area contributed by atoms with Crippen LogP contribution < -0.4 is 0 Å². The second kappa shape index (κ2) is 9.65. The fourth-order valence-corrected chi connectivity index (χ4v) is 4.73. The molecular weight excluding hydrogens is 411 g/mol. The van der Waals surface area contributed by atoms with Gasteiger partial charge in [-0.05, 0) is 69.2 Å². The highest BCUT2D eigenvalue weighted by molar-refractivity contribution is 6.11. The van der Waals surface area contributed by atoms with E-state index < -0.39 is 0 Å². The van der Waals surface area contributed by atoms with Gasteiger partial charge in [0.25, 0.3) is 5.91 Å². The molecule has 1 amide bonds. The summed E-state index contributed by atoms with van der Waals surface area (Å²) in [5.74, 6) is -0.285. The number of benzene rings is 1. The average Bonchev–Trinajstić information content (AvgIpc) is 3.13. The van der Waals surface area contributed by atoms with Crippen molar-refractivity contribution in [1.82, 2.24) is 14.4 Å². The second-order valence-corrected chi connectivity index (χ2v) is 8.62. The number of piperidine rings is 1. The molecule has 1 aromatic heterocycles. The van der Waals surface area contributed by atoms with Crippen LogP contribution in [0.1, 0.15) is 52.1 Å². The lowest BCUT2D eigenvalue weighted by atomic mass is 9.89. The van der Waals surface area contributed by atoms with E-state index in [0.29, 0.717) is 42.0 Å². The molecule has 4 rings (SSSR count). The van der Waals surface area contributed by atoms with Gasteiger partial charge in [-0.3, -0.25) is 9.59 Å². The molecule has 0 spiro atoms. The largest absolute Gasteiger partial charge is 0.411 e. The number of halogens is 1. The van der Waals surface area contributed by atoms with Crippen molar-refractivity contribution < 1.29 is 19.2 Å². The third-order valence-corrected chi connectivity index (χ3v) is 6.60. The summed E-state index contributed by atoms with van der Waals surface area (Å²) in [5.41, 5.74) is 2.39. The number of hydrogen-bond acceptors (Lipinski definition) is 5. The van der Waals surface area contributed by atoms with Crippen molar-refractivity contribution in [2.45, 2.75) is 25.7 Å². The summed E-state index contributed by atoms with van der Waals surface area (Å²) >= 11 is 0. The molecule has 7 nitrogen and oxygen atoms in total. The first-order valence-corrected chi connectivity index (χ1v) is 11.2. The zero-order valence-electron chi connectivity index (χ0n) is 18.3. The minimum absolute atomic E-state index is 0.0177. The van der Waals surface area contributed by atoms with Crippen LogP contribution in [0.3, 0.4) is 0 Å². The summed E-state index contributed by atoms with van der Waals surface area (Å²) < 4.78 is 14.9. The van der Waals surface area contributed by atoms with E-state index >= 15 is 0 Å². The van der Waals surface area contributed by atoms with Crippen LogP contribution in [0.5, 0.6) is 0 Å². The Bertz CT molecular complexity index is 1010. The van der Waals surface area contributed by atoms with Crippen molar-refractivity contribution in [3.63, 3.8) is 0 Å². The minimum Gasteiger partial charge on any atom is -0.411 e. The SMILES string of the molecule is Cn1ccc2c1C(=O)N(CCCN1CCC(C(=O)c3ccc(F)cc3)CC1)CC/C2=N/O. The smallest absolute Gasteiger partial charge is 0.271 e. The number of carbonyl (C=O) groups excluding carboxylic acids is 2. The summed E-state index contributed by atoms with van der Waals surface area (Å²) in [6, 6.07) is 7.62. The molecule has 0 bridgehead atoms. The van der Waals surface area contributed by atoms with Gasteiger partial charge in [-0.15, -0.1) is 0 Å². The maximum atomic E-state index is 13.1. The molecular formula is C24H29FN4O3. The number of aryl methyl sites for hydroxylation is 1. The number of nitrogens with zero attached hydrogens (tertiary/aromatic N) is 4. The van der Waals surface area contributed by atoms with Gasteiger partial charge in [-0.25, -0.2) is 4.39 Å². The van der Waals surface area contributed by atoms with E-state index in [0.717, 1.165) is 38.9 Å². The van der Waals surface area contributed by atoms with Crippen molar-refractivity contribution in [1.29, 1.82) is 0 Å². The molecule has 0 radical (unpaired) electrons. The molecule has 0 aliphatic carbocycles. The van der Waals surface area contributed by atoms with Crippen molar-refractivity contribution in [3.05, 3.63) is 59.2 Å². The Morgan fingerprint density at radius 1 is 1.12 bits per heavy atom. The summed E-state index contributed by atoms with van der Waals surface area (Å²) in [6.07, 6.45) is 4.77. The van der Waals surface area contributed by atoms with E-state index in [4.69, 9.17) is 0 Å². The molecule has 8 heteroatoms. The van der Waals surface area contributed by atoms with Crippen LogP contribution in [0, 0.1) is 11.7 Å². The molecule has 32 heavy (non-hydrogen) atoms. The highest BCUT2D eigenvalue weighted by atomic mass is 19.1. The van der Waals surface area contributed by atoms with E-state index in [9.17, 15) is 19.2 Å². The number of Topliss-reactive ketones (excluding diaryl/α,β-unsaturated/α-hetero) is 1. The molecule has 2 aliphatic heterocycles. The van der Waals surface area contributed by atoms with Crippen molar-refractivity contribution in [3.8, 4) is 0 Å². The van der Waals surface area contributed by atoms with Gasteiger partial charge < -0.3 is 19.6 Å². The molecule has 1 aromatic carbocycles. The number of amides is 1. The van der Waals surface area contributed by atoms with E-state index in [1.165, 1.54) is 12.1 Å². The van der Waals surface area contributed by atoms with Gasteiger partial charge in [-0.1, -0.05) is 5.16 Å². The maximum Gasteiger partial charge on any atom is 0.271 e. The predicted octanol–water partition coefficient (Wildman–Crippen LogP) is 3.17. The zero-order chi connectivity index (χ0) is 22.7. The topological polar surface area (TPSA) is 78.1 Å². The number of ketones is 1. The summed E-state index contributed by atoms with van der Waals surface area (Å²) in [6.45, 7) is 3.71. The molecule has 2 aromatic rings. The van der Waals surface area contributed by atoms with Gasteiger partial charge in [-0.2, -0.15) is 0 Å². The first-order chi connectivity index (χ1) is 15.5. The Morgan fingerprint density at radius 2 is 1.84 bits per heavy atom. The number of likely N-dealkylation sites (tertiary alicyclic amines) is 1. The van der Waals surface area contributed by atoms with E-state index in [1.54, 1.807) is 16.7 Å². The highest BCUT2D eigenvalue weighted by Crippen LogP contribution is 2.23. The third kappa shape index (κ3) is 4.60. The van der Waals surface area contributed by atoms with E-state index in [1.807, 2.05) is 24.2 Å². The second-order valence-electron chi connectivity index (χ2n) is 8.62. The Morgan fingerprint density at radius 3 is 2.53 bits per heavy atom. The standard InChI is InChI=1S/C24H29FN4O3/c1-27-13-9-20-21(26-32)10-16-29(24(31)22(20)27)12-2-11-28-14-7-18(8-15-28)23(30)17-3-5-19(25)6-4-17/h3-6,9,13,18,32H,2,7-8,10-12,14-16H2,1H3/b26-21-. The highest BCUT2D eigenvalue weighted by Gasteiger charge is 2.29. The van der Waals surface area contributed by atoms with E-state index in [-0.39, 0.29) is 23.4 Å². The summed E-state index contributed by atoms with van der Waals surface area (Å²) in [5, 5.41) is 12.7. The Kier molecular flexibility index (Phi) is 6.69. The van der Waals surface area contributed by atoms with Gasteiger partial charge in [0, 0.05) is 49.8 Å². The van der Waals surface area contributed by atoms with Crippen LogP contribution in [0.25, 0.3) is 0 Å². The van der Waals surface area contributed by atoms with Crippen molar-refractivity contribution >= 4 is 17.4 Å². The molecule has 1 fully saturated rings. The van der Waals surface area contributed by atoms with Gasteiger partial charge in [0.2, 0.25) is 0 Å². The molecule has 0 saturated carbocycles. The fraction of sp³-hybridized carbons (Fsp3) is 0.458. The average molecular weight is 441 g/mol. The minimum atomic E-state index is -0.331. The quantitative estimate of drug-likeness (QED) is 0.425. The lowest BCUT2D eigenvalue weighted by molar-refractivity contribution is 0.0733. The molecule has 2 aliphatic rings. The van der Waals surface area contributed by atoms with Crippen molar-refractivity contribution in [2.75, 3.05) is 32.7 Å². The molecule has 170 valence electrons. The molecule has 1 N–H and O–H groups in total. The normalized spacial score (nSPS) is 19.2. The van der Waals surface area contributed by atoms with Crippen LogP contribution >= 0.6 is 0 Å².